The van der Waals surface area contributed by atoms with E-state index in [9.17, 15) is 0 Å². The predicted molar refractivity (Wildman–Crippen MR) is 60.4 cm³/mol. The molecule has 1 aliphatic heterocycles. The van der Waals surface area contributed by atoms with Gasteiger partial charge in [-0.1, -0.05) is 44.2 Å². The first-order valence-electron chi connectivity index (χ1n) is 5.50. The molecule has 14 heavy (non-hydrogen) atoms. The van der Waals surface area contributed by atoms with Crippen molar-refractivity contribution < 1.29 is 0 Å². The summed E-state index contributed by atoms with van der Waals surface area (Å²) in [5.74, 6) is 0.721. The lowest BCUT2D eigenvalue weighted by Gasteiger charge is -2.40. The van der Waals surface area contributed by atoms with Crippen LogP contribution >= 0.6 is 0 Å². The zero-order chi connectivity index (χ0) is 10.0. The fourth-order valence-electron chi connectivity index (χ4n) is 2.39. The first-order chi connectivity index (χ1) is 6.73. The molecule has 0 radical (unpaired) electrons. The van der Waals surface area contributed by atoms with Gasteiger partial charge in [-0.2, -0.15) is 0 Å². The smallest absolute Gasteiger partial charge is 0.00147 e. The molecule has 0 aromatic heterocycles. The van der Waals surface area contributed by atoms with E-state index in [2.05, 4.69) is 49.5 Å². The molecule has 0 aliphatic carbocycles. The Morgan fingerprint density at radius 3 is 2.64 bits per heavy atom. The van der Waals surface area contributed by atoms with E-state index in [0.29, 0.717) is 5.41 Å². The lowest BCUT2D eigenvalue weighted by atomic mass is 9.68. The molecule has 1 nitrogen and oxygen atoms in total. The number of nitrogens with one attached hydrogen (secondary N) is 1. The van der Waals surface area contributed by atoms with Crippen molar-refractivity contribution in [3.63, 3.8) is 0 Å². The largest absolute Gasteiger partial charge is 0.316 e. The Labute approximate surface area is 86.5 Å². The van der Waals surface area contributed by atoms with Crippen LogP contribution in [0.15, 0.2) is 30.3 Å². The Kier molecular flexibility index (Phi) is 2.60. The van der Waals surface area contributed by atoms with Crippen molar-refractivity contribution in [2.24, 2.45) is 5.92 Å². The molecule has 0 unspecified atom stereocenters. The van der Waals surface area contributed by atoms with E-state index in [1.807, 2.05) is 0 Å². The molecule has 1 N–H and O–H groups in total. The summed E-state index contributed by atoms with van der Waals surface area (Å²) in [6.45, 7) is 7.04. The Morgan fingerprint density at radius 2 is 2.00 bits per heavy atom. The van der Waals surface area contributed by atoms with E-state index in [1.165, 1.54) is 12.0 Å². The van der Waals surface area contributed by atoms with Gasteiger partial charge >= 0.3 is 0 Å². The Bertz CT molecular complexity index is 293. The number of hydrogen-bond donors (Lipinski definition) is 1. The second-order valence-corrected chi connectivity index (χ2v) is 4.64. The minimum atomic E-state index is 0.368. The first-order valence-corrected chi connectivity index (χ1v) is 5.50. The molecule has 0 bridgehead atoms. The molecule has 1 aliphatic rings. The van der Waals surface area contributed by atoms with Gasteiger partial charge in [0.25, 0.3) is 0 Å². The van der Waals surface area contributed by atoms with Crippen LogP contribution in [0.1, 0.15) is 25.8 Å². The highest BCUT2D eigenvalue weighted by Crippen LogP contribution is 2.36. The molecule has 2 rings (SSSR count). The van der Waals surface area contributed by atoms with E-state index in [4.69, 9.17) is 0 Å². The summed E-state index contributed by atoms with van der Waals surface area (Å²) in [4.78, 5) is 0. The van der Waals surface area contributed by atoms with Crippen molar-refractivity contribution in [1.82, 2.24) is 5.32 Å². The molecule has 1 heterocycles. The van der Waals surface area contributed by atoms with Crippen LogP contribution in [0.2, 0.25) is 0 Å². The molecule has 0 saturated carbocycles. The van der Waals surface area contributed by atoms with Crippen molar-refractivity contribution in [2.75, 3.05) is 13.1 Å². The van der Waals surface area contributed by atoms with Crippen LogP contribution in [0.4, 0.5) is 0 Å². The van der Waals surface area contributed by atoms with Crippen LogP contribution in [0, 0.1) is 5.92 Å². The summed E-state index contributed by atoms with van der Waals surface area (Å²) in [6, 6.07) is 10.9. The number of rotatable bonds is 1. The van der Waals surface area contributed by atoms with Crippen molar-refractivity contribution in [3.8, 4) is 0 Å². The molecule has 76 valence electrons. The van der Waals surface area contributed by atoms with Gasteiger partial charge in [0.05, 0.1) is 0 Å². The third-order valence-electron chi connectivity index (χ3n) is 3.79. The Morgan fingerprint density at radius 1 is 1.29 bits per heavy atom. The third kappa shape index (κ3) is 1.57. The van der Waals surface area contributed by atoms with Gasteiger partial charge in [0.15, 0.2) is 0 Å². The highest BCUT2D eigenvalue weighted by molar-refractivity contribution is 5.26. The van der Waals surface area contributed by atoms with E-state index < -0.39 is 0 Å². The standard InChI is InChI=1S/C13H19N/c1-11-10-14-9-8-13(11,2)12-6-4-3-5-7-12/h3-7,11,14H,8-10H2,1-2H3/t11-,13+/m0/s1. The van der Waals surface area contributed by atoms with E-state index >= 15 is 0 Å². The lowest BCUT2D eigenvalue weighted by molar-refractivity contribution is 0.238. The van der Waals surface area contributed by atoms with Gasteiger partial charge in [0.1, 0.15) is 0 Å². The maximum Gasteiger partial charge on any atom is -0.00147 e. The number of benzene rings is 1. The van der Waals surface area contributed by atoms with Crippen LogP contribution in [-0.4, -0.2) is 13.1 Å². The summed E-state index contributed by atoms with van der Waals surface area (Å²) in [5, 5.41) is 3.46. The van der Waals surface area contributed by atoms with Crippen molar-refractivity contribution >= 4 is 0 Å². The fraction of sp³-hybridized carbons (Fsp3) is 0.538. The van der Waals surface area contributed by atoms with Gasteiger partial charge in [-0.3, -0.25) is 0 Å². The van der Waals surface area contributed by atoms with E-state index in [0.717, 1.165) is 19.0 Å². The predicted octanol–water partition coefficient (Wildman–Crippen LogP) is 2.57. The zero-order valence-electron chi connectivity index (χ0n) is 9.09. The summed E-state index contributed by atoms with van der Waals surface area (Å²) < 4.78 is 0. The summed E-state index contributed by atoms with van der Waals surface area (Å²) in [6.07, 6.45) is 1.25. The average molecular weight is 189 g/mol. The summed E-state index contributed by atoms with van der Waals surface area (Å²) in [5.41, 5.74) is 1.86. The van der Waals surface area contributed by atoms with Crippen LogP contribution in [0.3, 0.4) is 0 Å². The second kappa shape index (κ2) is 3.74. The zero-order valence-corrected chi connectivity index (χ0v) is 9.09. The molecule has 1 fully saturated rings. The number of hydrogen-bond acceptors (Lipinski definition) is 1. The van der Waals surface area contributed by atoms with Gasteiger partial charge in [0, 0.05) is 0 Å². The first kappa shape index (κ1) is 9.72. The minimum Gasteiger partial charge on any atom is -0.316 e. The topological polar surface area (TPSA) is 12.0 Å². The van der Waals surface area contributed by atoms with Gasteiger partial charge in [-0.15, -0.1) is 0 Å². The minimum absolute atomic E-state index is 0.368. The normalized spacial score (nSPS) is 32.9. The molecule has 1 heteroatoms. The van der Waals surface area contributed by atoms with Crippen LogP contribution < -0.4 is 5.32 Å². The SMILES string of the molecule is C[C@H]1CNCC[C@@]1(C)c1ccccc1. The molecular formula is C13H19N. The fourth-order valence-corrected chi connectivity index (χ4v) is 2.39. The van der Waals surface area contributed by atoms with Crippen LogP contribution in [0.25, 0.3) is 0 Å². The van der Waals surface area contributed by atoms with Crippen LogP contribution in [-0.2, 0) is 5.41 Å². The van der Waals surface area contributed by atoms with E-state index in [1.54, 1.807) is 0 Å². The van der Waals surface area contributed by atoms with Gasteiger partial charge in [0.2, 0.25) is 0 Å². The van der Waals surface area contributed by atoms with Gasteiger partial charge < -0.3 is 5.32 Å². The van der Waals surface area contributed by atoms with Crippen molar-refractivity contribution in [2.45, 2.75) is 25.7 Å². The molecular weight excluding hydrogens is 170 g/mol. The molecule has 2 atom stereocenters. The average Bonchev–Trinajstić information content (AvgIpc) is 2.24. The monoisotopic (exact) mass is 189 g/mol. The maximum absolute atomic E-state index is 3.46. The van der Waals surface area contributed by atoms with Crippen LogP contribution in [0.5, 0.6) is 0 Å². The van der Waals surface area contributed by atoms with Gasteiger partial charge in [-0.25, -0.2) is 0 Å². The summed E-state index contributed by atoms with van der Waals surface area (Å²) >= 11 is 0. The maximum atomic E-state index is 3.46. The van der Waals surface area contributed by atoms with Crippen molar-refractivity contribution in [1.29, 1.82) is 0 Å². The molecule has 1 aromatic rings. The molecule has 0 spiro atoms. The quantitative estimate of drug-likeness (QED) is 0.716. The van der Waals surface area contributed by atoms with Crippen molar-refractivity contribution in [3.05, 3.63) is 35.9 Å². The Hall–Kier alpha value is -0.820. The molecule has 0 amide bonds. The second-order valence-electron chi connectivity index (χ2n) is 4.64. The summed E-state index contributed by atoms with van der Waals surface area (Å²) in [7, 11) is 0. The third-order valence-corrected chi connectivity index (χ3v) is 3.79. The van der Waals surface area contributed by atoms with Gasteiger partial charge in [-0.05, 0) is 36.4 Å². The highest BCUT2D eigenvalue weighted by Gasteiger charge is 2.34. The van der Waals surface area contributed by atoms with E-state index in [-0.39, 0.29) is 0 Å². The molecule has 1 aromatic carbocycles. The highest BCUT2D eigenvalue weighted by atomic mass is 14.9. The Balaban J connectivity index is 2.30. The lowest BCUT2D eigenvalue weighted by Crippen LogP contribution is -2.44. The molecule has 1 saturated heterocycles. The number of piperidine rings is 1.